The highest BCUT2D eigenvalue weighted by molar-refractivity contribution is 6.30. The van der Waals surface area contributed by atoms with E-state index in [4.69, 9.17) is 11.6 Å². The highest BCUT2D eigenvalue weighted by Gasteiger charge is 2.22. The molecule has 3 rings (SSSR count). The van der Waals surface area contributed by atoms with Crippen LogP contribution in [0.15, 0.2) is 66.7 Å². The Balaban J connectivity index is 1.90. The molecule has 2 amide bonds. The van der Waals surface area contributed by atoms with Crippen LogP contribution in [-0.4, -0.2) is 18.4 Å². The molecule has 0 aromatic heterocycles. The van der Waals surface area contributed by atoms with Crippen LogP contribution in [0, 0.1) is 0 Å². The summed E-state index contributed by atoms with van der Waals surface area (Å²) in [6, 6.07) is 20.7. The van der Waals surface area contributed by atoms with Crippen molar-refractivity contribution in [3.05, 3.63) is 77.3 Å². The van der Waals surface area contributed by atoms with E-state index >= 15 is 0 Å². The Morgan fingerprint density at radius 3 is 2.36 bits per heavy atom. The largest absolute Gasteiger partial charge is 0.349 e. The van der Waals surface area contributed by atoms with Crippen LogP contribution in [0.3, 0.4) is 0 Å². The van der Waals surface area contributed by atoms with Gasteiger partial charge in [-0.05, 0) is 36.1 Å². The Hall–Kier alpha value is -2.85. The van der Waals surface area contributed by atoms with Gasteiger partial charge in [-0.3, -0.25) is 9.59 Å². The number of rotatable bonds is 6. The predicted molar refractivity (Wildman–Crippen MR) is 115 cm³/mol. The fourth-order valence-corrected chi connectivity index (χ4v) is 3.53. The van der Waals surface area contributed by atoms with Crippen molar-refractivity contribution in [3.8, 4) is 0 Å². The Morgan fingerprint density at radius 1 is 1.00 bits per heavy atom. The van der Waals surface area contributed by atoms with Crippen LogP contribution >= 0.6 is 11.6 Å². The second-order valence-electron chi connectivity index (χ2n) is 6.65. The summed E-state index contributed by atoms with van der Waals surface area (Å²) in [6.07, 6.45) is 0.165. The first-order valence-corrected chi connectivity index (χ1v) is 9.68. The van der Waals surface area contributed by atoms with Crippen LogP contribution < -0.4 is 10.2 Å². The third-order valence-corrected chi connectivity index (χ3v) is 4.96. The molecule has 0 saturated carbocycles. The van der Waals surface area contributed by atoms with E-state index in [0.29, 0.717) is 11.6 Å². The van der Waals surface area contributed by atoms with E-state index in [0.717, 1.165) is 22.0 Å². The molecule has 1 atom stereocenters. The lowest BCUT2D eigenvalue weighted by molar-refractivity contribution is -0.121. The van der Waals surface area contributed by atoms with Crippen LogP contribution in [0.2, 0.25) is 5.02 Å². The molecule has 1 N–H and O–H groups in total. The second-order valence-corrected chi connectivity index (χ2v) is 7.08. The van der Waals surface area contributed by atoms with Gasteiger partial charge in [-0.1, -0.05) is 60.1 Å². The summed E-state index contributed by atoms with van der Waals surface area (Å²) >= 11 is 5.97. The van der Waals surface area contributed by atoms with Gasteiger partial charge >= 0.3 is 0 Å². The van der Waals surface area contributed by atoms with Crippen molar-refractivity contribution in [2.45, 2.75) is 26.3 Å². The summed E-state index contributed by atoms with van der Waals surface area (Å²) in [7, 11) is 0. The highest BCUT2D eigenvalue weighted by atomic mass is 35.5. The monoisotopic (exact) mass is 394 g/mol. The molecule has 3 aromatic carbocycles. The van der Waals surface area contributed by atoms with Gasteiger partial charge < -0.3 is 10.2 Å². The van der Waals surface area contributed by atoms with E-state index < -0.39 is 6.04 Å². The van der Waals surface area contributed by atoms with Gasteiger partial charge in [-0.2, -0.15) is 0 Å². The molecule has 144 valence electrons. The van der Waals surface area contributed by atoms with Gasteiger partial charge in [0.2, 0.25) is 11.8 Å². The van der Waals surface area contributed by atoms with Gasteiger partial charge in [0, 0.05) is 23.9 Å². The lowest BCUT2D eigenvalue weighted by atomic mass is 10.0. The average molecular weight is 395 g/mol. The fourth-order valence-electron chi connectivity index (χ4n) is 3.40. The molecule has 0 radical (unpaired) electrons. The number of carbonyl (C=O) groups is 2. The molecule has 0 saturated heterocycles. The molecule has 3 aromatic rings. The summed E-state index contributed by atoms with van der Waals surface area (Å²) in [5.74, 6) is -0.228. The van der Waals surface area contributed by atoms with E-state index in [-0.39, 0.29) is 18.2 Å². The Bertz CT molecular complexity index is 980. The van der Waals surface area contributed by atoms with E-state index in [1.807, 2.05) is 61.5 Å². The van der Waals surface area contributed by atoms with Gasteiger partial charge in [0.1, 0.15) is 0 Å². The van der Waals surface area contributed by atoms with Crippen LogP contribution in [0.1, 0.15) is 31.9 Å². The van der Waals surface area contributed by atoms with Crippen LogP contribution in [-0.2, 0) is 9.59 Å². The summed E-state index contributed by atoms with van der Waals surface area (Å²) in [5.41, 5.74) is 1.73. The lowest BCUT2D eigenvalue weighted by Gasteiger charge is -2.26. The molecule has 0 fully saturated rings. The van der Waals surface area contributed by atoms with Crippen molar-refractivity contribution in [2.24, 2.45) is 0 Å². The summed E-state index contributed by atoms with van der Waals surface area (Å²) < 4.78 is 0. The first-order valence-electron chi connectivity index (χ1n) is 9.30. The molecule has 0 aliphatic rings. The summed E-state index contributed by atoms with van der Waals surface area (Å²) in [6.45, 7) is 3.95. The Morgan fingerprint density at radius 2 is 1.68 bits per heavy atom. The van der Waals surface area contributed by atoms with Crippen LogP contribution in [0.25, 0.3) is 10.8 Å². The maximum absolute atomic E-state index is 13.2. The minimum absolute atomic E-state index is 0.0486. The molecular weight excluding hydrogens is 372 g/mol. The molecule has 4 nitrogen and oxygen atoms in total. The van der Waals surface area contributed by atoms with Crippen molar-refractivity contribution in [2.75, 3.05) is 11.4 Å². The van der Waals surface area contributed by atoms with Crippen molar-refractivity contribution in [1.82, 2.24) is 5.32 Å². The highest BCUT2D eigenvalue weighted by Crippen LogP contribution is 2.28. The van der Waals surface area contributed by atoms with E-state index in [2.05, 4.69) is 5.32 Å². The maximum Gasteiger partial charge on any atom is 0.229 e. The van der Waals surface area contributed by atoms with E-state index in [1.54, 1.807) is 17.0 Å². The van der Waals surface area contributed by atoms with E-state index in [1.165, 1.54) is 6.92 Å². The normalized spacial score (nSPS) is 11.8. The zero-order chi connectivity index (χ0) is 20.1. The first-order chi connectivity index (χ1) is 13.5. The molecule has 0 aliphatic heterocycles. The van der Waals surface area contributed by atoms with Gasteiger partial charge in [-0.15, -0.1) is 0 Å². The zero-order valence-electron chi connectivity index (χ0n) is 16.0. The molecule has 5 heteroatoms. The number of hydrogen-bond donors (Lipinski definition) is 1. The molecule has 0 heterocycles. The van der Waals surface area contributed by atoms with Crippen molar-refractivity contribution in [3.63, 3.8) is 0 Å². The average Bonchev–Trinajstić information content (AvgIpc) is 2.68. The third kappa shape index (κ3) is 4.52. The number of carbonyl (C=O) groups excluding carboxylic acids is 2. The minimum Gasteiger partial charge on any atom is -0.349 e. The predicted octanol–water partition coefficient (Wildman–Crippen LogP) is 5.11. The zero-order valence-corrected chi connectivity index (χ0v) is 16.7. The number of amides is 2. The number of nitrogens with zero attached hydrogens (tertiary/aromatic N) is 1. The Kier molecular flexibility index (Phi) is 6.32. The van der Waals surface area contributed by atoms with Gasteiger partial charge in [0.05, 0.1) is 18.2 Å². The van der Waals surface area contributed by atoms with Crippen molar-refractivity contribution < 1.29 is 9.59 Å². The SMILES string of the molecule is CCN(C(=O)CC(NC(C)=O)c1ccc(Cl)cc1)c1cccc2ccccc12. The molecule has 1 unspecified atom stereocenters. The lowest BCUT2D eigenvalue weighted by Crippen LogP contribution is -2.36. The first kappa shape index (κ1) is 19.9. The number of anilines is 1. The molecule has 0 aliphatic carbocycles. The quantitative estimate of drug-likeness (QED) is 0.631. The van der Waals surface area contributed by atoms with Crippen molar-refractivity contribution in [1.29, 1.82) is 0 Å². The number of benzene rings is 3. The standard InChI is InChI=1S/C23H23ClN2O2/c1-3-26(22-10-6-8-17-7-4-5-9-20(17)22)23(28)15-21(25-16(2)27)18-11-13-19(24)14-12-18/h4-14,21H,3,15H2,1-2H3,(H,25,27). The smallest absolute Gasteiger partial charge is 0.229 e. The minimum atomic E-state index is -0.411. The van der Waals surface area contributed by atoms with Gasteiger partial charge in [0.25, 0.3) is 0 Å². The molecule has 0 bridgehead atoms. The maximum atomic E-state index is 13.2. The van der Waals surface area contributed by atoms with Crippen LogP contribution in [0.4, 0.5) is 5.69 Å². The molecule has 28 heavy (non-hydrogen) atoms. The van der Waals surface area contributed by atoms with Gasteiger partial charge in [0.15, 0.2) is 0 Å². The van der Waals surface area contributed by atoms with Crippen molar-refractivity contribution >= 4 is 39.9 Å². The number of nitrogens with one attached hydrogen (secondary N) is 1. The molecule has 0 spiro atoms. The number of fused-ring (bicyclic) bond motifs is 1. The van der Waals surface area contributed by atoms with Gasteiger partial charge in [-0.25, -0.2) is 0 Å². The second kappa shape index (κ2) is 8.89. The van der Waals surface area contributed by atoms with Crippen LogP contribution in [0.5, 0.6) is 0 Å². The number of hydrogen-bond acceptors (Lipinski definition) is 2. The Labute approximate surface area is 170 Å². The molecular formula is C23H23ClN2O2. The number of halogens is 1. The summed E-state index contributed by atoms with van der Waals surface area (Å²) in [5, 5.41) is 5.61. The topological polar surface area (TPSA) is 49.4 Å². The summed E-state index contributed by atoms with van der Waals surface area (Å²) in [4.78, 5) is 26.7. The third-order valence-electron chi connectivity index (χ3n) is 4.70. The van der Waals surface area contributed by atoms with E-state index in [9.17, 15) is 9.59 Å². The fraction of sp³-hybridized carbons (Fsp3) is 0.217.